The minimum atomic E-state index is -0.254. The Balaban J connectivity index is 1.69. The van der Waals surface area contributed by atoms with Crippen LogP contribution in [0.3, 0.4) is 0 Å². The molecule has 4 aromatic rings. The topological polar surface area (TPSA) is 70.7 Å². The normalized spacial score (nSPS) is 11.0. The average molecular weight is 414 g/mol. The Morgan fingerprint density at radius 2 is 2.00 bits per heavy atom. The number of hydrogen-bond acceptors (Lipinski definition) is 3. The Bertz CT molecular complexity index is 1040. The molecule has 2 N–H and O–H groups in total. The van der Waals surface area contributed by atoms with Crippen LogP contribution in [0.4, 0.5) is 5.69 Å². The van der Waals surface area contributed by atoms with Crippen molar-refractivity contribution >= 4 is 56.0 Å². The molecule has 0 fully saturated rings. The second kappa shape index (κ2) is 5.62. The number of nitrogens with one attached hydrogen (secondary N) is 2. The lowest BCUT2D eigenvalue weighted by Gasteiger charge is -2.05. The van der Waals surface area contributed by atoms with Gasteiger partial charge in [-0.1, -0.05) is 18.2 Å². The highest BCUT2D eigenvalue weighted by atomic mass is 127. The van der Waals surface area contributed by atoms with Gasteiger partial charge in [0, 0.05) is 14.3 Å². The van der Waals surface area contributed by atoms with Crippen molar-refractivity contribution in [3.63, 3.8) is 0 Å². The predicted octanol–water partition coefficient (Wildman–Crippen LogP) is 3.97. The molecular formula is C17H11IN4O. The molecule has 0 unspecified atom stereocenters. The van der Waals surface area contributed by atoms with Crippen molar-refractivity contribution in [2.75, 3.05) is 5.32 Å². The van der Waals surface area contributed by atoms with E-state index in [9.17, 15) is 4.79 Å². The van der Waals surface area contributed by atoms with Crippen molar-refractivity contribution < 1.29 is 4.79 Å². The molecule has 0 saturated carbocycles. The molecule has 0 spiro atoms. The van der Waals surface area contributed by atoms with Gasteiger partial charge in [-0.25, -0.2) is 0 Å². The van der Waals surface area contributed by atoms with Crippen molar-refractivity contribution in [1.29, 1.82) is 0 Å². The largest absolute Gasteiger partial charge is 0.319 e. The van der Waals surface area contributed by atoms with E-state index in [0.717, 1.165) is 25.4 Å². The Morgan fingerprint density at radius 1 is 1.13 bits per heavy atom. The van der Waals surface area contributed by atoms with Crippen LogP contribution in [0.1, 0.15) is 10.5 Å². The van der Waals surface area contributed by atoms with Gasteiger partial charge in [0.1, 0.15) is 0 Å². The lowest BCUT2D eigenvalue weighted by Crippen LogP contribution is -2.13. The Kier molecular flexibility index (Phi) is 3.45. The van der Waals surface area contributed by atoms with E-state index in [-0.39, 0.29) is 5.91 Å². The number of carbonyl (C=O) groups is 1. The van der Waals surface area contributed by atoms with Crippen LogP contribution in [0.15, 0.2) is 54.7 Å². The van der Waals surface area contributed by atoms with Crippen molar-refractivity contribution in [2.45, 2.75) is 0 Å². The van der Waals surface area contributed by atoms with E-state index in [1.165, 1.54) is 0 Å². The summed E-state index contributed by atoms with van der Waals surface area (Å²) in [5.41, 5.74) is 2.76. The van der Waals surface area contributed by atoms with Gasteiger partial charge in [-0.3, -0.25) is 14.9 Å². The third kappa shape index (κ3) is 2.65. The summed E-state index contributed by atoms with van der Waals surface area (Å²) in [7, 11) is 0. The summed E-state index contributed by atoms with van der Waals surface area (Å²) in [6, 6.07) is 15.5. The molecule has 0 aliphatic carbocycles. The van der Waals surface area contributed by atoms with E-state index in [4.69, 9.17) is 0 Å². The number of halogens is 1. The number of para-hydroxylation sites is 1. The lowest BCUT2D eigenvalue weighted by molar-refractivity contribution is 0.102. The van der Waals surface area contributed by atoms with E-state index in [2.05, 4.69) is 43.1 Å². The first kappa shape index (κ1) is 14.1. The molecule has 2 heterocycles. The summed E-state index contributed by atoms with van der Waals surface area (Å²) < 4.78 is 1.05. The van der Waals surface area contributed by atoms with E-state index in [1.807, 2.05) is 48.5 Å². The van der Waals surface area contributed by atoms with Crippen LogP contribution in [0.5, 0.6) is 0 Å². The number of rotatable bonds is 2. The smallest absolute Gasteiger partial charge is 0.276 e. The van der Waals surface area contributed by atoms with Crippen LogP contribution >= 0.6 is 22.6 Å². The molecule has 0 aliphatic rings. The highest BCUT2D eigenvalue weighted by Crippen LogP contribution is 2.21. The van der Waals surface area contributed by atoms with E-state index < -0.39 is 0 Å². The maximum atomic E-state index is 12.5. The molecule has 23 heavy (non-hydrogen) atoms. The van der Waals surface area contributed by atoms with Crippen LogP contribution < -0.4 is 5.32 Å². The van der Waals surface area contributed by atoms with Crippen molar-refractivity contribution in [3.05, 3.63) is 64.0 Å². The summed E-state index contributed by atoms with van der Waals surface area (Å²) in [6.45, 7) is 0. The predicted molar refractivity (Wildman–Crippen MR) is 98.5 cm³/mol. The number of fused-ring (bicyclic) bond motifs is 2. The Hall–Kier alpha value is -2.48. The first-order valence-electron chi connectivity index (χ1n) is 7.00. The molecule has 2 aromatic carbocycles. The van der Waals surface area contributed by atoms with Gasteiger partial charge < -0.3 is 5.32 Å². The molecule has 0 saturated heterocycles. The fourth-order valence-electron chi connectivity index (χ4n) is 2.49. The quantitative estimate of drug-likeness (QED) is 0.488. The van der Waals surface area contributed by atoms with E-state index >= 15 is 0 Å². The summed E-state index contributed by atoms with van der Waals surface area (Å²) >= 11 is 2.22. The van der Waals surface area contributed by atoms with Gasteiger partial charge in [-0.05, 0) is 52.9 Å². The van der Waals surface area contributed by atoms with Gasteiger partial charge in [-0.2, -0.15) is 5.10 Å². The van der Waals surface area contributed by atoms with Gasteiger partial charge in [-0.15, -0.1) is 0 Å². The molecule has 5 nitrogen and oxygen atoms in total. The standard InChI is InChI=1S/C17H11IN4O/c18-11-5-6-15-13(8-11)16(22-21-15)17(23)20-12-7-10-3-1-2-4-14(10)19-9-12/h1-9H,(H,20,23)(H,21,22). The molecule has 2 aromatic heterocycles. The fourth-order valence-corrected chi connectivity index (χ4v) is 2.98. The minimum absolute atomic E-state index is 0.254. The molecule has 0 radical (unpaired) electrons. The second-order valence-electron chi connectivity index (χ2n) is 5.13. The molecular weight excluding hydrogens is 403 g/mol. The summed E-state index contributed by atoms with van der Waals surface area (Å²) in [6.07, 6.45) is 1.65. The SMILES string of the molecule is O=C(Nc1cnc2ccccc2c1)c1n[nH]c2ccc(I)cc12. The molecule has 6 heteroatoms. The fraction of sp³-hybridized carbons (Fsp3) is 0. The third-order valence-corrected chi connectivity index (χ3v) is 4.26. The average Bonchev–Trinajstić information content (AvgIpc) is 2.98. The highest BCUT2D eigenvalue weighted by Gasteiger charge is 2.15. The number of benzene rings is 2. The molecule has 0 bridgehead atoms. The van der Waals surface area contributed by atoms with Crippen LogP contribution in [-0.4, -0.2) is 21.1 Å². The molecule has 0 atom stereocenters. The number of hydrogen-bond donors (Lipinski definition) is 2. The first-order valence-corrected chi connectivity index (χ1v) is 8.08. The maximum absolute atomic E-state index is 12.5. The zero-order valence-corrected chi connectivity index (χ0v) is 14.0. The van der Waals surface area contributed by atoms with Crippen LogP contribution in [0, 0.1) is 3.57 Å². The maximum Gasteiger partial charge on any atom is 0.276 e. The number of pyridine rings is 1. The van der Waals surface area contributed by atoms with Crippen molar-refractivity contribution in [1.82, 2.24) is 15.2 Å². The second-order valence-corrected chi connectivity index (χ2v) is 6.38. The van der Waals surface area contributed by atoms with Crippen molar-refractivity contribution in [2.24, 2.45) is 0 Å². The summed E-state index contributed by atoms with van der Waals surface area (Å²) in [5.74, 6) is -0.254. The number of nitrogens with zero attached hydrogens (tertiary/aromatic N) is 2. The van der Waals surface area contributed by atoms with Crippen molar-refractivity contribution in [3.8, 4) is 0 Å². The molecule has 4 rings (SSSR count). The molecule has 112 valence electrons. The van der Waals surface area contributed by atoms with Gasteiger partial charge in [0.2, 0.25) is 0 Å². The number of carbonyl (C=O) groups excluding carboxylic acids is 1. The zero-order chi connectivity index (χ0) is 15.8. The highest BCUT2D eigenvalue weighted by molar-refractivity contribution is 14.1. The van der Waals surface area contributed by atoms with E-state index in [1.54, 1.807) is 6.20 Å². The number of aromatic nitrogens is 3. The number of amides is 1. The van der Waals surface area contributed by atoms with Crippen LogP contribution in [0.25, 0.3) is 21.8 Å². The first-order chi connectivity index (χ1) is 11.2. The summed E-state index contributed by atoms with van der Waals surface area (Å²) in [5, 5.41) is 11.7. The Labute approximate surface area is 145 Å². The molecule has 1 amide bonds. The van der Waals surface area contributed by atoms with Crippen LogP contribution in [-0.2, 0) is 0 Å². The van der Waals surface area contributed by atoms with Gasteiger partial charge in [0.25, 0.3) is 5.91 Å². The monoisotopic (exact) mass is 414 g/mol. The van der Waals surface area contributed by atoms with E-state index in [0.29, 0.717) is 11.4 Å². The minimum Gasteiger partial charge on any atom is -0.319 e. The number of H-pyrrole nitrogens is 1. The lowest BCUT2D eigenvalue weighted by atomic mass is 10.2. The Morgan fingerprint density at radius 3 is 2.91 bits per heavy atom. The van der Waals surface area contributed by atoms with Gasteiger partial charge >= 0.3 is 0 Å². The number of aromatic amines is 1. The van der Waals surface area contributed by atoms with Gasteiger partial charge in [0.05, 0.1) is 22.9 Å². The van der Waals surface area contributed by atoms with Gasteiger partial charge in [0.15, 0.2) is 5.69 Å². The zero-order valence-electron chi connectivity index (χ0n) is 11.9. The van der Waals surface area contributed by atoms with Crippen LogP contribution in [0.2, 0.25) is 0 Å². The summed E-state index contributed by atoms with van der Waals surface area (Å²) in [4.78, 5) is 16.9. The number of anilines is 1. The molecule has 0 aliphatic heterocycles. The third-order valence-electron chi connectivity index (χ3n) is 3.59.